The van der Waals surface area contributed by atoms with E-state index in [1.807, 2.05) is 0 Å². The third-order valence-corrected chi connectivity index (χ3v) is 6.43. The number of sulfonamides is 1. The van der Waals surface area contributed by atoms with Crippen molar-refractivity contribution in [3.8, 4) is 0 Å². The first-order valence-electron chi connectivity index (χ1n) is 9.02. The molecule has 154 valence electrons. The molecular weight excluding hydrogens is 398 g/mol. The molecule has 3 rings (SSSR count). The second-order valence-corrected chi connectivity index (χ2v) is 8.53. The maximum Gasteiger partial charge on any atom is 0.338 e. The van der Waals surface area contributed by atoms with Crippen LogP contribution in [0.5, 0.6) is 0 Å². The number of rotatable bonds is 6. The monoisotopic (exact) mass is 419 g/mol. The van der Waals surface area contributed by atoms with E-state index in [1.165, 1.54) is 28.6 Å². The number of imide groups is 1. The average Bonchev–Trinajstić information content (AvgIpc) is 3.38. The minimum absolute atomic E-state index is 0.00260. The summed E-state index contributed by atoms with van der Waals surface area (Å²) in [5.74, 6) is -2.26. The van der Waals surface area contributed by atoms with E-state index in [9.17, 15) is 22.8 Å². The van der Waals surface area contributed by atoms with E-state index in [0.29, 0.717) is 13.1 Å². The van der Waals surface area contributed by atoms with Crippen LogP contribution in [0.2, 0.25) is 0 Å². The van der Waals surface area contributed by atoms with Crippen LogP contribution in [0.25, 0.3) is 0 Å². The third kappa shape index (κ3) is 4.72. The molecule has 29 heavy (non-hydrogen) atoms. The number of nitrogens with zero attached hydrogens (tertiary/aromatic N) is 2. The largest absolute Gasteiger partial charge is 0.452 e. The minimum Gasteiger partial charge on any atom is -0.452 e. The van der Waals surface area contributed by atoms with Crippen LogP contribution in [0, 0.1) is 0 Å². The van der Waals surface area contributed by atoms with Crippen LogP contribution in [0.1, 0.15) is 33.7 Å². The van der Waals surface area contributed by atoms with Gasteiger partial charge in [-0.25, -0.2) is 13.2 Å². The summed E-state index contributed by atoms with van der Waals surface area (Å²) in [5.41, 5.74) is 0.288. The Balaban J connectivity index is 1.60. The fourth-order valence-corrected chi connectivity index (χ4v) is 4.56. The quantitative estimate of drug-likeness (QED) is 0.697. The molecule has 1 aromatic heterocycles. The number of amides is 2. The highest BCUT2D eigenvalue weighted by Gasteiger charge is 2.27. The Bertz CT molecular complexity index is 1040. The zero-order valence-electron chi connectivity index (χ0n) is 15.8. The molecule has 2 aromatic rings. The highest BCUT2D eigenvalue weighted by atomic mass is 32.2. The van der Waals surface area contributed by atoms with E-state index < -0.39 is 34.4 Å². The maximum atomic E-state index is 12.6. The van der Waals surface area contributed by atoms with Crippen molar-refractivity contribution in [1.29, 1.82) is 0 Å². The van der Waals surface area contributed by atoms with Crippen LogP contribution < -0.4 is 5.32 Å². The number of esters is 1. The van der Waals surface area contributed by atoms with E-state index in [-0.39, 0.29) is 16.2 Å². The van der Waals surface area contributed by atoms with Gasteiger partial charge in [0.15, 0.2) is 6.61 Å². The lowest BCUT2D eigenvalue weighted by Gasteiger charge is -2.15. The fourth-order valence-electron chi connectivity index (χ4n) is 3.00. The number of carbonyl (C=O) groups is 3. The number of ether oxygens (including phenoxy) is 1. The SMILES string of the molecule is Cn1cccc1C(=O)NC(=O)COC(=O)c1cccc(S(=O)(=O)N2CCCC2)c1. The standard InChI is InChI=1S/C19H21N3O6S/c1-21-9-5-8-16(21)18(24)20-17(23)13-28-19(25)14-6-4-7-15(12-14)29(26,27)22-10-2-3-11-22/h4-9,12H,2-3,10-11,13H2,1H3,(H,20,23,24). The Hall–Kier alpha value is -2.98. The smallest absolute Gasteiger partial charge is 0.338 e. The number of benzene rings is 1. The first-order chi connectivity index (χ1) is 13.8. The van der Waals surface area contributed by atoms with Crippen molar-refractivity contribution < 1.29 is 27.5 Å². The van der Waals surface area contributed by atoms with E-state index in [0.717, 1.165) is 12.8 Å². The van der Waals surface area contributed by atoms with Gasteiger partial charge in [-0.2, -0.15) is 4.31 Å². The van der Waals surface area contributed by atoms with Crippen molar-refractivity contribution in [2.75, 3.05) is 19.7 Å². The molecule has 1 N–H and O–H groups in total. The summed E-state index contributed by atoms with van der Waals surface area (Å²) in [7, 11) is -2.02. The molecule has 9 nitrogen and oxygen atoms in total. The molecule has 0 bridgehead atoms. The van der Waals surface area contributed by atoms with Gasteiger partial charge in [0.05, 0.1) is 10.5 Å². The molecule has 1 aliphatic heterocycles. The van der Waals surface area contributed by atoms with Crippen LogP contribution in [0.4, 0.5) is 0 Å². The molecule has 2 heterocycles. The Morgan fingerprint density at radius 1 is 1.10 bits per heavy atom. The Morgan fingerprint density at radius 3 is 2.48 bits per heavy atom. The molecule has 2 amide bonds. The number of aromatic nitrogens is 1. The van der Waals surface area contributed by atoms with Gasteiger partial charge in [0.25, 0.3) is 11.8 Å². The van der Waals surface area contributed by atoms with E-state index in [4.69, 9.17) is 4.74 Å². The Kier molecular flexibility index (Phi) is 6.14. The lowest BCUT2D eigenvalue weighted by molar-refractivity contribution is -0.123. The summed E-state index contributed by atoms with van der Waals surface area (Å²) in [6, 6.07) is 8.68. The van der Waals surface area contributed by atoms with Crippen molar-refractivity contribution in [2.45, 2.75) is 17.7 Å². The zero-order valence-corrected chi connectivity index (χ0v) is 16.6. The normalized spacial score (nSPS) is 14.5. The van der Waals surface area contributed by atoms with Crippen LogP contribution in [-0.2, 0) is 26.6 Å². The molecule has 1 fully saturated rings. The molecule has 0 saturated carbocycles. The van der Waals surface area contributed by atoms with Gasteiger partial charge in [0.2, 0.25) is 10.0 Å². The molecule has 0 spiro atoms. The van der Waals surface area contributed by atoms with Gasteiger partial charge < -0.3 is 9.30 Å². The number of hydrogen-bond donors (Lipinski definition) is 1. The number of hydrogen-bond acceptors (Lipinski definition) is 6. The summed E-state index contributed by atoms with van der Waals surface area (Å²) in [5, 5.41) is 2.12. The predicted molar refractivity (Wildman–Crippen MR) is 103 cm³/mol. The Labute approximate surface area is 168 Å². The van der Waals surface area contributed by atoms with E-state index in [1.54, 1.807) is 29.9 Å². The topological polar surface area (TPSA) is 115 Å². The van der Waals surface area contributed by atoms with Crippen LogP contribution >= 0.6 is 0 Å². The van der Waals surface area contributed by atoms with Crippen molar-refractivity contribution >= 4 is 27.8 Å². The minimum atomic E-state index is -3.67. The summed E-state index contributed by atoms with van der Waals surface area (Å²) in [4.78, 5) is 36.1. The van der Waals surface area contributed by atoms with Crippen molar-refractivity contribution in [2.24, 2.45) is 7.05 Å². The molecule has 0 radical (unpaired) electrons. The summed E-state index contributed by atoms with van der Waals surface area (Å²) >= 11 is 0. The predicted octanol–water partition coefficient (Wildman–Crippen LogP) is 0.923. The van der Waals surface area contributed by atoms with Gasteiger partial charge in [0, 0.05) is 26.3 Å². The molecule has 0 unspecified atom stereocenters. The average molecular weight is 419 g/mol. The van der Waals surface area contributed by atoms with Gasteiger partial charge in [0.1, 0.15) is 5.69 Å². The van der Waals surface area contributed by atoms with Gasteiger partial charge in [-0.15, -0.1) is 0 Å². The number of aryl methyl sites for hydroxylation is 1. The van der Waals surface area contributed by atoms with Crippen molar-refractivity contribution in [3.63, 3.8) is 0 Å². The summed E-state index contributed by atoms with van der Waals surface area (Å²) < 4.78 is 33.0. The van der Waals surface area contributed by atoms with Gasteiger partial charge in [-0.1, -0.05) is 6.07 Å². The fraction of sp³-hybridized carbons (Fsp3) is 0.316. The second-order valence-electron chi connectivity index (χ2n) is 6.60. The highest BCUT2D eigenvalue weighted by molar-refractivity contribution is 7.89. The summed E-state index contributed by atoms with van der Waals surface area (Å²) in [6.07, 6.45) is 3.26. The zero-order chi connectivity index (χ0) is 21.0. The van der Waals surface area contributed by atoms with E-state index >= 15 is 0 Å². The maximum absolute atomic E-state index is 12.6. The van der Waals surface area contributed by atoms with Crippen LogP contribution in [0.3, 0.4) is 0 Å². The molecular formula is C19H21N3O6S. The first kappa shape index (κ1) is 20.7. The van der Waals surface area contributed by atoms with Crippen molar-refractivity contribution in [3.05, 3.63) is 53.9 Å². The number of nitrogens with one attached hydrogen (secondary N) is 1. The van der Waals surface area contributed by atoms with Crippen LogP contribution in [-0.4, -0.2) is 54.8 Å². The molecule has 1 saturated heterocycles. The molecule has 0 atom stereocenters. The van der Waals surface area contributed by atoms with E-state index in [2.05, 4.69) is 5.32 Å². The lowest BCUT2D eigenvalue weighted by Crippen LogP contribution is -2.35. The molecule has 10 heteroatoms. The molecule has 0 aliphatic carbocycles. The number of carbonyl (C=O) groups excluding carboxylic acids is 3. The first-order valence-corrected chi connectivity index (χ1v) is 10.5. The van der Waals surface area contributed by atoms with Crippen molar-refractivity contribution in [1.82, 2.24) is 14.2 Å². The molecule has 1 aromatic carbocycles. The lowest BCUT2D eigenvalue weighted by atomic mass is 10.2. The summed E-state index contributed by atoms with van der Waals surface area (Å²) in [6.45, 7) is 0.233. The van der Waals surface area contributed by atoms with Gasteiger partial charge >= 0.3 is 5.97 Å². The Morgan fingerprint density at radius 2 is 1.83 bits per heavy atom. The third-order valence-electron chi connectivity index (χ3n) is 4.54. The highest BCUT2D eigenvalue weighted by Crippen LogP contribution is 2.21. The second kappa shape index (κ2) is 8.58. The van der Waals surface area contributed by atoms with Crippen LogP contribution in [0.15, 0.2) is 47.5 Å². The van der Waals surface area contributed by atoms with Gasteiger partial charge in [-0.3, -0.25) is 14.9 Å². The molecule has 1 aliphatic rings. The van der Waals surface area contributed by atoms with Gasteiger partial charge in [-0.05, 0) is 43.2 Å².